The molecule has 0 unspecified atom stereocenters. The van der Waals surface area contributed by atoms with Crippen molar-refractivity contribution in [1.29, 1.82) is 0 Å². The number of hydrogen-bond donors (Lipinski definition) is 0. The van der Waals surface area contributed by atoms with E-state index >= 15 is 0 Å². The highest BCUT2D eigenvalue weighted by Crippen LogP contribution is 2.14. The van der Waals surface area contributed by atoms with Crippen LogP contribution in [0.5, 0.6) is 0 Å². The molecule has 7 heteroatoms. The fraction of sp³-hybridized carbons (Fsp3) is 0.250. The van der Waals surface area contributed by atoms with E-state index in [1.165, 1.54) is 0 Å². The molecule has 0 bridgehead atoms. The molecule has 0 aromatic carbocycles. The Balaban J connectivity index is 2.25. The fourth-order valence-corrected chi connectivity index (χ4v) is 1.15. The minimum absolute atomic E-state index is 0.281. The van der Waals surface area contributed by atoms with E-state index in [-0.39, 0.29) is 12.5 Å². The molecule has 0 amide bonds. The van der Waals surface area contributed by atoms with Crippen LogP contribution in [0.1, 0.15) is 5.89 Å². The zero-order valence-corrected chi connectivity index (χ0v) is 9.43. The summed E-state index contributed by atoms with van der Waals surface area (Å²) in [5.41, 5.74) is 0. The molecule has 2 aromatic heterocycles. The van der Waals surface area contributed by atoms with Crippen molar-refractivity contribution in [3.63, 3.8) is 0 Å². The maximum atomic E-state index is 5.26. The van der Waals surface area contributed by atoms with Crippen molar-refractivity contribution < 1.29 is 9.15 Å². The number of aromatic nitrogens is 4. The van der Waals surface area contributed by atoms with Crippen LogP contribution in [0, 0.1) is 0 Å². The molecule has 0 saturated heterocycles. The van der Waals surface area contributed by atoms with E-state index in [2.05, 4.69) is 36.1 Å². The first-order valence-corrected chi connectivity index (χ1v) is 4.88. The summed E-state index contributed by atoms with van der Waals surface area (Å²) in [7, 11) is 1.56. The van der Waals surface area contributed by atoms with Gasteiger partial charge in [0.25, 0.3) is 5.89 Å². The van der Waals surface area contributed by atoms with Gasteiger partial charge in [-0.05, 0) is 15.9 Å². The van der Waals surface area contributed by atoms with Gasteiger partial charge in [-0.3, -0.25) is 0 Å². The van der Waals surface area contributed by atoms with Gasteiger partial charge in [0.15, 0.2) is 0 Å². The average molecular weight is 271 g/mol. The van der Waals surface area contributed by atoms with E-state index in [0.29, 0.717) is 11.7 Å². The largest absolute Gasteiger partial charge is 0.416 e. The minimum atomic E-state index is 0.281. The Hall–Kier alpha value is -1.34. The standard InChI is InChI=1S/C8H7BrN4O2/c1-14-4-6-12-13-8(15-6)7-10-2-5(9)3-11-7/h2-3H,4H2,1H3. The van der Waals surface area contributed by atoms with Crippen molar-refractivity contribution in [2.45, 2.75) is 6.61 Å². The summed E-state index contributed by atoms with van der Waals surface area (Å²) >= 11 is 3.24. The minimum Gasteiger partial charge on any atom is -0.416 e. The molecule has 2 aromatic rings. The van der Waals surface area contributed by atoms with Gasteiger partial charge in [-0.25, -0.2) is 9.97 Å². The Kier molecular flexibility index (Phi) is 3.02. The summed E-state index contributed by atoms with van der Waals surface area (Å²) in [6, 6.07) is 0. The Labute approximate surface area is 93.8 Å². The molecule has 0 fully saturated rings. The number of halogens is 1. The maximum absolute atomic E-state index is 5.26. The van der Waals surface area contributed by atoms with Gasteiger partial charge < -0.3 is 9.15 Å². The maximum Gasteiger partial charge on any atom is 0.285 e. The van der Waals surface area contributed by atoms with Crippen LogP contribution in [0.15, 0.2) is 21.3 Å². The van der Waals surface area contributed by atoms with Crippen molar-refractivity contribution in [1.82, 2.24) is 20.2 Å². The first kappa shape index (κ1) is 10.2. The normalized spacial score (nSPS) is 10.5. The predicted molar refractivity (Wildman–Crippen MR) is 53.7 cm³/mol. The zero-order valence-electron chi connectivity index (χ0n) is 7.85. The molecule has 0 N–H and O–H groups in total. The third kappa shape index (κ3) is 2.37. The topological polar surface area (TPSA) is 73.9 Å². The number of hydrogen-bond acceptors (Lipinski definition) is 6. The highest BCUT2D eigenvalue weighted by atomic mass is 79.9. The second-order valence-electron chi connectivity index (χ2n) is 2.66. The molecule has 15 heavy (non-hydrogen) atoms. The number of ether oxygens (including phenoxy) is 1. The quantitative estimate of drug-likeness (QED) is 0.840. The van der Waals surface area contributed by atoms with Crippen LogP contribution in [-0.4, -0.2) is 27.3 Å². The molecule has 0 saturated carbocycles. The lowest BCUT2D eigenvalue weighted by Gasteiger charge is -1.92. The van der Waals surface area contributed by atoms with Gasteiger partial charge in [0.05, 0.1) is 4.47 Å². The molecule has 0 radical (unpaired) electrons. The van der Waals surface area contributed by atoms with Crippen molar-refractivity contribution in [3.05, 3.63) is 22.8 Å². The Morgan fingerprint density at radius 2 is 2.07 bits per heavy atom. The van der Waals surface area contributed by atoms with Crippen molar-refractivity contribution in [3.8, 4) is 11.7 Å². The van der Waals surface area contributed by atoms with Crippen LogP contribution in [-0.2, 0) is 11.3 Å². The SMILES string of the molecule is COCc1nnc(-c2ncc(Br)cn2)o1. The second kappa shape index (κ2) is 4.45. The molecule has 0 spiro atoms. The van der Waals surface area contributed by atoms with Gasteiger partial charge in [-0.15, -0.1) is 10.2 Å². The number of methoxy groups -OCH3 is 1. The lowest BCUT2D eigenvalue weighted by molar-refractivity contribution is 0.160. The highest BCUT2D eigenvalue weighted by molar-refractivity contribution is 9.10. The van der Waals surface area contributed by atoms with E-state index in [1.807, 2.05) is 0 Å². The van der Waals surface area contributed by atoms with Crippen LogP contribution >= 0.6 is 15.9 Å². The van der Waals surface area contributed by atoms with Gasteiger partial charge in [-0.1, -0.05) is 0 Å². The third-order valence-electron chi connectivity index (χ3n) is 1.55. The van der Waals surface area contributed by atoms with Gasteiger partial charge in [0.1, 0.15) is 6.61 Å². The van der Waals surface area contributed by atoms with Gasteiger partial charge in [0, 0.05) is 19.5 Å². The second-order valence-corrected chi connectivity index (χ2v) is 3.57. The molecule has 0 aliphatic rings. The molecule has 78 valence electrons. The lowest BCUT2D eigenvalue weighted by atomic mass is 10.5. The van der Waals surface area contributed by atoms with Crippen LogP contribution in [0.4, 0.5) is 0 Å². The van der Waals surface area contributed by atoms with Crippen molar-refractivity contribution >= 4 is 15.9 Å². The van der Waals surface area contributed by atoms with Crippen LogP contribution in [0.25, 0.3) is 11.7 Å². The van der Waals surface area contributed by atoms with Crippen LogP contribution < -0.4 is 0 Å². The average Bonchev–Trinajstić information content (AvgIpc) is 2.68. The number of rotatable bonds is 3. The van der Waals surface area contributed by atoms with Crippen LogP contribution in [0.2, 0.25) is 0 Å². The molecular formula is C8H7BrN4O2. The molecule has 0 atom stereocenters. The molecule has 0 aliphatic carbocycles. The monoisotopic (exact) mass is 270 g/mol. The molecule has 2 heterocycles. The summed E-state index contributed by atoms with van der Waals surface area (Å²) in [5, 5.41) is 7.57. The van der Waals surface area contributed by atoms with Gasteiger partial charge in [0.2, 0.25) is 11.7 Å². The molecule has 6 nitrogen and oxygen atoms in total. The van der Waals surface area contributed by atoms with Crippen molar-refractivity contribution in [2.75, 3.05) is 7.11 Å². The summed E-state index contributed by atoms with van der Waals surface area (Å²) < 4.78 is 10.9. The highest BCUT2D eigenvalue weighted by Gasteiger charge is 2.10. The summed E-state index contributed by atoms with van der Waals surface area (Å²) in [5.74, 6) is 1.08. The molecular weight excluding hydrogens is 264 g/mol. The van der Waals surface area contributed by atoms with E-state index in [9.17, 15) is 0 Å². The van der Waals surface area contributed by atoms with Gasteiger partial charge in [-0.2, -0.15) is 0 Å². The smallest absolute Gasteiger partial charge is 0.285 e. The summed E-state index contributed by atoms with van der Waals surface area (Å²) in [4.78, 5) is 8.05. The van der Waals surface area contributed by atoms with E-state index in [0.717, 1.165) is 4.47 Å². The Morgan fingerprint density at radius 3 is 2.73 bits per heavy atom. The fourth-order valence-electron chi connectivity index (χ4n) is 0.948. The summed E-state index contributed by atoms with van der Waals surface area (Å²) in [6.07, 6.45) is 3.23. The summed E-state index contributed by atoms with van der Waals surface area (Å²) in [6.45, 7) is 0.281. The zero-order chi connectivity index (χ0) is 10.7. The van der Waals surface area contributed by atoms with E-state index < -0.39 is 0 Å². The molecule has 2 rings (SSSR count). The van der Waals surface area contributed by atoms with Gasteiger partial charge >= 0.3 is 0 Å². The van der Waals surface area contributed by atoms with E-state index in [1.54, 1.807) is 19.5 Å². The third-order valence-corrected chi connectivity index (χ3v) is 1.96. The predicted octanol–water partition coefficient (Wildman–Crippen LogP) is 1.44. The lowest BCUT2D eigenvalue weighted by Crippen LogP contribution is -1.87. The first-order chi connectivity index (χ1) is 7.29. The Bertz CT molecular complexity index is 442. The first-order valence-electron chi connectivity index (χ1n) is 4.09. The van der Waals surface area contributed by atoms with Crippen molar-refractivity contribution in [2.24, 2.45) is 0 Å². The Morgan fingerprint density at radius 1 is 1.33 bits per heavy atom. The van der Waals surface area contributed by atoms with E-state index in [4.69, 9.17) is 9.15 Å². The number of nitrogens with zero attached hydrogens (tertiary/aromatic N) is 4. The van der Waals surface area contributed by atoms with Crippen LogP contribution in [0.3, 0.4) is 0 Å². The molecule has 0 aliphatic heterocycles.